The van der Waals surface area contributed by atoms with Gasteiger partial charge in [0, 0.05) is 11.8 Å². The summed E-state index contributed by atoms with van der Waals surface area (Å²) < 4.78 is 36.4. The molecule has 0 saturated heterocycles. The molecule has 1 unspecified atom stereocenters. The quantitative estimate of drug-likeness (QED) is 0.820. The smallest absolute Gasteiger partial charge is 0.247 e. The van der Waals surface area contributed by atoms with Crippen LogP contribution >= 0.6 is 0 Å². The molecule has 2 aromatic rings. The first-order chi connectivity index (χ1) is 12.8. The van der Waals surface area contributed by atoms with Crippen LogP contribution in [0.15, 0.2) is 42.5 Å². The van der Waals surface area contributed by atoms with Gasteiger partial charge in [0.2, 0.25) is 22.7 Å². The summed E-state index contributed by atoms with van der Waals surface area (Å²) in [6, 6.07) is 11.2. The molecule has 1 aliphatic heterocycles. The fourth-order valence-electron chi connectivity index (χ4n) is 2.91. The van der Waals surface area contributed by atoms with E-state index in [1.165, 1.54) is 0 Å². The van der Waals surface area contributed by atoms with Gasteiger partial charge >= 0.3 is 0 Å². The normalized spacial score (nSPS) is 13.9. The van der Waals surface area contributed by atoms with Gasteiger partial charge in [0.25, 0.3) is 0 Å². The van der Waals surface area contributed by atoms with Crippen LogP contribution in [0, 0.1) is 0 Å². The number of fused-ring (bicyclic) bond motifs is 1. The maximum Gasteiger partial charge on any atom is 0.247 e. The monoisotopic (exact) mass is 390 g/mol. The number of amides is 1. The molecule has 1 heterocycles. The van der Waals surface area contributed by atoms with E-state index < -0.39 is 22.0 Å². The van der Waals surface area contributed by atoms with Crippen LogP contribution in [0.2, 0.25) is 0 Å². The Labute approximate surface area is 158 Å². The van der Waals surface area contributed by atoms with Crippen molar-refractivity contribution in [2.45, 2.75) is 26.3 Å². The summed E-state index contributed by atoms with van der Waals surface area (Å²) in [4.78, 5) is 12.7. The van der Waals surface area contributed by atoms with Gasteiger partial charge < -0.3 is 14.8 Å². The lowest BCUT2D eigenvalue weighted by Gasteiger charge is -2.28. The first kappa shape index (κ1) is 19.0. The number of nitrogens with one attached hydrogen (secondary N) is 1. The van der Waals surface area contributed by atoms with Crippen molar-refractivity contribution >= 4 is 27.3 Å². The van der Waals surface area contributed by atoms with Gasteiger partial charge in [-0.15, -0.1) is 0 Å². The second-order valence-corrected chi connectivity index (χ2v) is 8.17. The van der Waals surface area contributed by atoms with Gasteiger partial charge in [-0.3, -0.25) is 9.10 Å². The summed E-state index contributed by atoms with van der Waals surface area (Å²) in [6.07, 6.45) is 1.93. The highest BCUT2D eigenvalue weighted by Crippen LogP contribution is 2.34. The lowest BCUT2D eigenvalue weighted by atomic mass is 10.1. The van der Waals surface area contributed by atoms with Gasteiger partial charge in [-0.2, -0.15) is 0 Å². The summed E-state index contributed by atoms with van der Waals surface area (Å²) in [5.74, 6) is 0.698. The number of ether oxygens (including phenoxy) is 2. The molecule has 0 spiro atoms. The Balaban J connectivity index is 1.82. The van der Waals surface area contributed by atoms with Crippen molar-refractivity contribution in [2.75, 3.05) is 22.7 Å². The van der Waals surface area contributed by atoms with Gasteiger partial charge in [0.15, 0.2) is 11.5 Å². The summed E-state index contributed by atoms with van der Waals surface area (Å²) in [5.41, 5.74) is 2.04. The number of anilines is 2. The van der Waals surface area contributed by atoms with Crippen molar-refractivity contribution in [3.05, 3.63) is 48.0 Å². The van der Waals surface area contributed by atoms with Gasteiger partial charge in [-0.1, -0.05) is 19.1 Å². The summed E-state index contributed by atoms with van der Waals surface area (Å²) in [7, 11) is -3.66. The highest BCUT2D eigenvalue weighted by molar-refractivity contribution is 7.92. The number of aryl methyl sites for hydroxylation is 1. The molecule has 1 amide bonds. The molecule has 0 bridgehead atoms. The zero-order chi connectivity index (χ0) is 19.6. The Morgan fingerprint density at radius 3 is 2.44 bits per heavy atom. The number of rotatable bonds is 6. The predicted octanol–water partition coefficient (Wildman–Crippen LogP) is 2.77. The molecule has 1 atom stereocenters. The van der Waals surface area contributed by atoms with E-state index in [4.69, 9.17) is 9.47 Å². The minimum atomic E-state index is -3.66. The third-order valence-electron chi connectivity index (χ3n) is 4.33. The fourth-order valence-corrected chi connectivity index (χ4v) is 4.08. The first-order valence-electron chi connectivity index (χ1n) is 8.58. The van der Waals surface area contributed by atoms with E-state index in [1.54, 1.807) is 37.3 Å². The maximum absolute atomic E-state index is 12.7. The highest BCUT2D eigenvalue weighted by atomic mass is 32.2. The van der Waals surface area contributed by atoms with Crippen LogP contribution in [0.5, 0.6) is 11.5 Å². The average Bonchev–Trinajstić information content (AvgIpc) is 3.09. The molecule has 7 nitrogen and oxygen atoms in total. The number of sulfonamides is 1. The van der Waals surface area contributed by atoms with Crippen LogP contribution in [0.3, 0.4) is 0 Å². The standard InChI is InChI=1S/C19H22N2O5S/c1-4-14-5-8-16(9-6-14)21(27(3,23)24)13(2)19(22)20-15-7-10-17-18(11-15)26-12-25-17/h5-11,13H,4,12H2,1-3H3,(H,20,22). The molecular formula is C19H22N2O5S. The minimum Gasteiger partial charge on any atom is -0.454 e. The van der Waals surface area contributed by atoms with Crippen molar-refractivity contribution in [1.82, 2.24) is 0 Å². The van der Waals surface area contributed by atoms with Crippen molar-refractivity contribution in [3.8, 4) is 11.5 Å². The van der Waals surface area contributed by atoms with E-state index >= 15 is 0 Å². The number of hydrogen-bond acceptors (Lipinski definition) is 5. The van der Waals surface area contributed by atoms with Gasteiger partial charge in [0.05, 0.1) is 11.9 Å². The molecule has 1 aliphatic rings. The van der Waals surface area contributed by atoms with Crippen LogP contribution in [-0.2, 0) is 21.2 Å². The van der Waals surface area contributed by atoms with E-state index in [0.29, 0.717) is 22.9 Å². The Morgan fingerprint density at radius 2 is 1.81 bits per heavy atom. The number of benzene rings is 2. The van der Waals surface area contributed by atoms with E-state index in [0.717, 1.165) is 22.5 Å². The molecule has 2 aromatic carbocycles. The van der Waals surface area contributed by atoms with Gasteiger partial charge in [-0.25, -0.2) is 8.42 Å². The van der Waals surface area contributed by atoms with Crippen LogP contribution in [0.1, 0.15) is 19.4 Å². The van der Waals surface area contributed by atoms with Crippen molar-refractivity contribution in [3.63, 3.8) is 0 Å². The number of nitrogens with zero attached hydrogens (tertiary/aromatic N) is 1. The maximum atomic E-state index is 12.7. The van der Waals surface area contributed by atoms with E-state index in [-0.39, 0.29) is 6.79 Å². The molecule has 0 saturated carbocycles. The molecule has 27 heavy (non-hydrogen) atoms. The Bertz CT molecular complexity index is 941. The molecule has 0 fully saturated rings. The van der Waals surface area contributed by atoms with Crippen LogP contribution in [0.4, 0.5) is 11.4 Å². The predicted molar refractivity (Wildman–Crippen MR) is 104 cm³/mol. The highest BCUT2D eigenvalue weighted by Gasteiger charge is 2.29. The molecule has 144 valence electrons. The minimum absolute atomic E-state index is 0.138. The fraction of sp³-hybridized carbons (Fsp3) is 0.316. The van der Waals surface area contributed by atoms with Gasteiger partial charge in [0.1, 0.15) is 6.04 Å². The third-order valence-corrected chi connectivity index (χ3v) is 5.57. The van der Waals surface area contributed by atoms with E-state index in [9.17, 15) is 13.2 Å². The zero-order valence-electron chi connectivity index (χ0n) is 15.4. The SMILES string of the molecule is CCc1ccc(N(C(C)C(=O)Nc2ccc3c(c2)OCO3)S(C)(=O)=O)cc1. The second-order valence-electron chi connectivity index (χ2n) is 6.31. The first-order valence-corrected chi connectivity index (χ1v) is 10.4. The molecule has 8 heteroatoms. The zero-order valence-corrected chi connectivity index (χ0v) is 16.2. The summed E-state index contributed by atoms with van der Waals surface area (Å²) in [5, 5.41) is 2.74. The topological polar surface area (TPSA) is 84.9 Å². The Morgan fingerprint density at radius 1 is 1.15 bits per heavy atom. The number of hydrogen-bond donors (Lipinski definition) is 1. The van der Waals surface area contributed by atoms with E-state index in [2.05, 4.69) is 5.32 Å². The average molecular weight is 390 g/mol. The van der Waals surface area contributed by atoms with Crippen LogP contribution < -0.4 is 19.1 Å². The lowest BCUT2D eigenvalue weighted by Crippen LogP contribution is -2.45. The molecule has 0 aromatic heterocycles. The Kier molecular flexibility index (Phi) is 5.27. The molecule has 0 aliphatic carbocycles. The van der Waals surface area contributed by atoms with Crippen molar-refractivity contribution in [2.24, 2.45) is 0 Å². The van der Waals surface area contributed by atoms with Crippen LogP contribution in [-0.4, -0.2) is 33.4 Å². The second kappa shape index (κ2) is 7.48. The lowest BCUT2D eigenvalue weighted by molar-refractivity contribution is -0.116. The van der Waals surface area contributed by atoms with Crippen molar-refractivity contribution in [1.29, 1.82) is 0 Å². The van der Waals surface area contributed by atoms with Gasteiger partial charge in [-0.05, 0) is 43.2 Å². The Hall–Kier alpha value is -2.74. The van der Waals surface area contributed by atoms with E-state index in [1.807, 2.05) is 19.1 Å². The van der Waals surface area contributed by atoms with Crippen LogP contribution in [0.25, 0.3) is 0 Å². The molecule has 3 rings (SSSR count). The number of carbonyl (C=O) groups is 1. The van der Waals surface area contributed by atoms with Crippen molar-refractivity contribution < 1.29 is 22.7 Å². The summed E-state index contributed by atoms with van der Waals surface area (Å²) >= 11 is 0. The molecule has 0 radical (unpaired) electrons. The summed E-state index contributed by atoms with van der Waals surface area (Å²) in [6.45, 7) is 3.71. The largest absolute Gasteiger partial charge is 0.454 e. The number of carbonyl (C=O) groups excluding carboxylic acids is 1. The third kappa shape index (κ3) is 4.16. The molecule has 1 N–H and O–H groups in total. The molecular weight excluding hydrogens is 368 g/mol.